The maximum Gasteiger partial charge on any atom is 0.154 e. The fourth-order valence-corrected chi connectivity index (χ4v) is 3.65. The number of hydrogen-bond donors (Lipinski definition) is 1. The molecule has 2 N–H and O–H groups in total. The summed E-state index contributed by atoms with van der Waals surface area (Å²) < 4.78 is 25.2. The number of nitrogens with zero attached hydrogens (tertiary/aromatic N) is 2. The molecule has 2 rings (SSSR count). The summed E-state index contributed by atoms with van der Waals surface area (Å²) in [6, 6.07) is 0. The van der Waals surface area contributed by atoms with Crippen molar-refractivity contribution in [2.45, 2.75) is 39.1 Å². The van der Waals surface area contributed by atoms with E-state index in [1.807, 2.05) is 4.68 Å². The van der Waals surface area contributed by atoms with E-state index in [0.29, 0.717) is 18.9 Å². The third-order valence-corrected chi connectivity index (χ3v) is 4.55. The van der Waals surface area contributed by atoms with Crippen LogP contribution in [0.5, 0.6) is 0 Å². The van der Waals surface area contributed by atoms with Crippen LogP contribution in [0.1, 0.15) is 30.8 Å². The smallest absolute Gasteiger partial charge is 0.154 e. The van der Waals surface area contributed by atoms with Crippen LogP contribution in [0.3, 0.4) is 0 Å². The molecule has 0 spiro atoms. The van der Waals surface area contributed by atoms with Gasteiger partial charge in [-0.3, -0.25) is 4.68 Å². The van der Waals surface area contributed by atoms with Crippen LogP contribution in [0.4, 0.5) is 0 Å². The van der Waals surface area contributed by atoms with Gasteiger partial charge in [0.05, 0.1) is 22.9 Å². The van der Waals surface area contributed by atoms with E-state index in [-0.39, 0.29) is 11.5 Å². The highest BCUT2D eigenvalue weighted by Crippen LogP contribution is 2.24. The van der Waals surface area contributed by atoms with E-state index in [1.54, 1.807) is 0 Å². The summed E-state index contributed by atoms with van der Waals surface area (Å²) in [5, 5.41) is 4.50. The number of rotatable bonds is 3. The summed E-state index contributed by atoms with van der Waals surface area (Å²) in [7, 11) is -2.95. The largest absolute Gasteiger partial charge is 0.325 e. The van der Waals surface area contributed by atoms with E-state index >= 15 is 0 Å². The van der Waals surface area contributed by atoms with Crippen molar-refractivity contribution < 1.29 is 8.42 Å². The van der Waals surface area contributed by atoms with E-state index in [4.69, 9.17) is 5.73 Å². The van der Waals surface area contributed by atoms with Crippen molar-refractivity contribution in [1.29, 1.82) is 0 Å². The van der Waals surface area contributed by atoms with Crippen molar-refractivity contribution in [3.8, 4) is 0 Å². The summed E-state index contributed by atoms with van der Waals surface area (Å²) >= 11 is 0. The Bertz CT molecular complexity index is 517. The highest BCUT2D eigenvalue weighted by molar-refractivity contribution is 7.90. The molecule has 0 saturated heterocycles. The standard InChI is InChI=1S/C11H19N3O2S/c1-8(2)6-14-11(5-12)9-7-17(15,16)4-3-10(9)13-14/h8H,3-7,12H2,1-2H3. The summed E-state index contributed by atoms with van der Waals surface area (Å²) in [5.41, 5.74) is 8.38. The molecule has 96 valence electrons. The lowest BCUT2D eigenvalue weighted by Gasteiger charge is -2.12. The van der Waals surface area contributed by atoms with Gasteiger partial charge in [-0.2, -0.15) is 5.10 Å². The van der Waals surface area contributed by atoms with Gasteiger partial charge < -0.3 is 5.73 Å². The van der Waals surface area contributed by atoms with Gasteiger partial charge in [0.2, 0.25) is 0 Å². The minimum absolute atomic E-state index is 0.104. The molecule has 1 aliphatic heterocycles. The Morgan fingerprint density at radius 2 is 2.18 bits per heavy atom. The molecule has 17 heavy (non-hydrogen) atoms. The monoisotopic (exact) mass is 257 g/mol. The minimum Gasteiger partial charge on any atom is -0.325 e. The van der Waals surface area contributed by atoms with E-state index in [0.717, 1.165) is 23.5 Å². The molecule has 1 aliphatic rings. The van der Waals surface area contributed by atoms with Gasteiger partial charge in [0.25, 0.3) is 0 Å². The normalized spacial score (nSPS) is 18.4. The highest BCUT2D eigenvalue weighted by Gasteiger charge is 2.27. The Morgan fingerprint density at radius 1 is 1.47 bits per heavy atom. The van der Waals surface area contributed by atoms with Crippen molar-refractivity contribution >= 4 is 9.84 Å². The van der Waals surface area contributed by atoms with E-state index in [9.17, 15) is 8.42 Å². The minimum atomic E-state index is -2.95. The second-order valence-corrected chi connectivity index (χ2v) is 7.18. The first-order valence-electron chi connectivity index (χ1n) is 5.91. The van der Waals surface area contributed by atoms with Crippen molar-refractivity contribution in [1.82, 2.24) is 9.78 Å². The van der Waals surface area contributed by atoms with Crippen molar-refractivity contribution in [3.63, 3.8) is 0 Å². The van der Waals surface area contributed by atoms with Gasteiger partial charge in [-0.1, -0.05) is 13.8 Å². The zero-order chi connectivity index (χ0) is 12.6. The average molecular weight is 257 g/mol. The summed E-state index contributed by atoms with van der Waals surface area (Å²) in [5.74, 6) is 0.786. The average Bonchev–Trinajstić information content (AvgIpc) is 2.52. The molecule has 0 radical (unpaired) electrons. The molecule has 0 fully saturated rings. The first kappa shape index (κ1) is 12.6. The number of fused-ring (bicyclic) bond motifs is 1. The molecule has 1 aromatic rings. The van der Waals surface area contributed by atoms with Crippen LogP contribution in [-0.4, -0.2) is 24.0 Å². The molecule has 6 heteroatoms. The summed E-state index contributed by atoms with van der Waals surface area (Å²) in [6.45, 7) is 5.36. The van der Waals surface area contributed by atoms with E-state index < -0.39 is 9.84 Å². The lowest BCUT2D eigenvalue weighted by atomic mass is 10.1. The molecule has 0 aromatic carbocycles. The Hall–Kier alpha value is -0.880. The number of aromatic nitrogens is 2. The molecule has 0 aliphatic carbocycles. The fourth-order valence-electron chi connectivity index (χ4n) is 2.23. The second kappa shape index (κ2) is 4.42. The van der Waals surface area contributed by atoms with Crippen LogP contribution < -0.4 is 5.73 Å². The number of nitrogens with two attached hydrogens (primary N) is 1. The van der Waals surface area contributed by atoms with Gasteiger partial charge in [-0.25, -0.2) is 8.42 Å². The van der Waals surface area contributed by atoms with E-state index in [2.05, 4.69) is 18.9 Å². The molecule has 0 amide bonds. The maximum atomic E-state index is 11.6. The Morgan fingerprint density at radius 3 is 2.76 bits per heavy atom. The first-order valence-corrected chi connectivity index (χ1v) is 7.73. The first-order chi connectivity index (χ1) is 7.93. The second-order valence-electron chi connectivity index (χ2n) is 4.99. The molecular formula is C11H19N3O2S. The van der Waals surface area contributed by atoms with Gasteiger partial charge >= 0.3 is 0 Å². The van der Waals surface area contributed by atoms with Crippen molar-refractivity contribution in [2.24, 2.45) is 11.7 Å². The van der Waals surface area contributed by atoms with E-state index in [1.165, 1.54) is 0 Å². The molecule has 0 atom stereocenters. The van der Waals surface area contributed by atoms with Crippen LogP contribution in [0.15, 0.2) is 0 Å². The van der Waals surface area contributed by atoms with Gasteiger partial charge in [0, 0.05) is 25.1 Å². The van der Waals surface area contributed by atoms with Crippen LogP contribution in [0.2, 0.25) is 0 Å². The molecule has 0 saturated carbocycles. The summed E-state index contributed by atoms with van der Waals surface area (Å²) in [6.07, 6.45) is 0.524. The third-order valence-electron chi connectivity index (χ3n) is 3.00. The molecular weight excluding hydrogens is 238 g/mol. The van der Waals surface area contributed by atoms with Crippen LogP contribution in [0, 0.1) is 5.92 Å². The topological polar surface area (TPSA) is 78.0 Å². The lowest BCUT2D eigenvalue weighted by Crippen LogP contribution is -2.19. The zero-order valence-corrected chi connectivity index (χ0v) is 11.1. The Kier molecular flexibility index (Phi) is 3.27. The number of hydrogen-bond acceptors (Lipinski definition) is 4. The third kappa shape index (κ3) is 2.52. The summed E-state index contributed by atoms with van der Waals surface area (Å²) in [4.78, 5) is 0. The molecule has 0 unspecified atom stereocenters. The molecule has 2 heterocycles. The maximum absolute atomic E-state index is 11.6. The molecule has 1 aromatic heterocycles. The lowest BCUT2D eigenvalue weighted by molar-refractivity contribution is 0.466. The number of sulfone groups is 1. The molecule has 5 nitrogen and oxygen atoms in total. The predicted octanol–water partition coefficient (Wildman–Crippen LogP) is 0.469. The Labute approximate surface area is 102 Å². The van der Waals surface area contributed by atoms with Crippen LogP contribution in [-0.2, 0) is 35.1 Å². The quantitative estimate of drug-likeness (QED) is 0.853. The van der Waals surface area contributed by atoms with Gasteiger partial charge in [-0.15, -0.1) is 0 Å². The van der Waals surface area contributed by atoms with Crippen LogP contribution >= 0.6 is 0 Å². The SMILES string of the molecule is CC(C)Cn1nc2c(c1CN)CS(=O)(=O)CC2. The van der Waals surface area contributed by atoms with Crippen molar-refractivity contribution in [3.05, 3.63) is 17.0 Å². The zero-order valence-electron chi connectivity index (χ0n) is 10.3. The van der Waals surface area contributed by atoms with Gasteiger partial charge in [-0.05, 0) is 5.92 Å². The molecule has 0 bridgehead atoms. The Balaban J connectivity index is 2.43. The van der Waals surface area contributed by atoms with Gasteiger partial charge in [0.15, 0.2) is 9.84 Å². The van der Waals surface area contributed by atoms with Crippen molar-refractivity contribution in [2.75, 3.05) is 5.75 Å². The highest BCUT2D eigenvalue weighted by atomic mass is 32.2. The van der Waals surface area contributed by atoms with Crippen LogP contribution in [0.25, 0.3) is 0 Å². The fraction of sp³-hybridized carbons (Fsp3) is 0.727. The predicted molar refractivity (Wildman–Crippen MR) is 66.2 cm³/mol. The van der Waals surface area contributed by atoms with Gasteiger partial charge in [0.1, 0.15) is 0 Å². The number of aryl methyl sites for hydroxylation is 1.